The van der Waals surface area contributed by atoms with Gasteiger partial charge in [-0.1, -0.05) is 0 Å². The van der Waals surface area contributed by atoms with Gasteiger partial charge in [-0.05, 0) is 43.6 Å². The first-order chi connectivity index (χ1) is 9.99. The normalized spacial score (nSPS) is 18.1. The van der Waals surface area contributed by atoms with Crippen LogP contribution in [0.2, 0.25) is 0 Å². The molecule has 1 aromatic carbocycles. The number of non-ortho nitro benzene ring substituents is 1. The first-order valence-electron chi connectivity index (χ1n) is 6.60. The summed E-state index contributed by atoms with van der Waals surface area (Å²) in [6, 6.07) is 5.55. The molecular weight excluding hydrogens is 292 g/mol. The van der Waals surface area contributed by atoms with Gasteiger partial charge in [-0.15, -0.1) is 0 Å². The molecule has 0 aromatic heterocycles. The fourth-order valence-corrected chi connectivity index (χ4v) is 2.67. The number of nitro groups is 1. The van der Waals surface area contributed by atoms with Gasteiger partial charge in [-0.25, -0.2) is 0 Å². The van der Waals surface area contributed by atoms with Gasteiger partial charge in [0.25, 0.3) is 5.69 Å². The standard InChI is InChI=1S/C13H16N4O3S/c14-12(18)11-3-1-2-8-16(11)13(21)15-9-4-6-10(7-5-9)17(19)20/h4-7,11H,1-3,8H2,(H2,14,18)(H,15,21)/t11-/m0/s1. The summed E-state index contributed by atoms with van der Waals surface area (Å²) >= 11 is 5.31. The number of carbonyl (C=O) groups is 1. The van der Waals surface area contributed by atoms with Crippen LogP contribution >= 0.6 is 12.2 Å². The number of piperidine rings is 1. The Balaban J connectivity index is 2.05. The molecule has 1 fully saturated rings. The van der Waals surface area contributed by atoms with E-state index in [0.29, 0.717) is 23.8 Å². The monoisotopic (exact) mass is 308 g/mol. The van der Waals surface area contributed by atoms with Crippen LogP contribution in [0.5, 0.6) is 0 Å². The van der Waals surface area contributed by atoms with Crippen LogP contribution < -0.4 is 11.1 Å². The quantitative estimate of drug-likeness (QED) is 0.500. The molecular formula is C13H16N4O3S. The molecule has 1 amide bonds. The van der Waals surface area contributed by atoms with Gasteiger partial charge < -0.3 is 16.0 Å². The number of hydrogen-bond acceptors (Lipinski definition) is 4. The lowest BCUT2D eigenvalue weighted by atomic mass is 10.0. The molecule has 1 aromatic rings. The van der Waals surface area contributed by atoms with Gasteiger partial charge in [0.1, 0.15) is 6.04 Å². The third-order valence-corrected chi connectivity index (χ3v) is 3.76. The maximum absolute atomic E-state index is 11.5. The minimum absolute atomic E-state index is 0.0134. The van der Waals surface area contributed by atoms with Crippen molar-refractivity contribution in [1.29, 1.82) is 0 Å². The van der Waals surface area contributed by atoms with Gasteiger partial charge in [-0.3, -0.25) is 14.9 Å². The lowest BCUT2D eigenvalue weighted by molar-refractivity contribution is -0.384. The van der Waals surface area contributed by atoms with Crippen molar-refractivity contribution in [3.05, 3.63) is 34.4 Å². The highest BCUT2D eigenvalue weighted by Crippen LogP contribution is 2.20. The number of thiocarbonyl (C=S) groups is 1. The predicted molar refractivity (Wildman–Crippen MR) is 82.9 cm³/mol. The number of benzene rings is 1. The van der Waals surface area contributed by atoms with Crippen LogP contribution in [0.15, 0.2) is 24.3 Å². The molecule has 3 N–H and O–H groups in total. The van der Waals surface area contributed by atoms with Gasteiger partial charge in [0.15, 0.2) is 5.11 Å². The molecule has 1 saturated heterocycles. The molecule has 7 nitrogen and oxygen atoms in total. The topological polar surface area (TPSA) is 102 Å². The number of nitrogens with two attached hydrogens (primary N) is 1. The molecule has 1 aliphatic heterocycles. The first-order valence-corrected chi connectivity index (χ1v) is 7.01. The van der Waals surface area contributed by atoms with Gasteiger partial charge in [0.05, 0.1) is 4.92 Å². The van der Waals surface area contributed by atoms with Gasteiger partial charge in [0, 0.05) is 24.4 Å². The third-order valence-electron chi connectivity index (χ3n) is 3.42. The molecule has 0 spiro atoms. The van der Waals surface area contributed by atoms with E-state index in [2.05, 4.69) is 5.32 Å². The molecule has 21 heavy (non-hydrogen) atoms. The molecule has 8 heteroatoms. The van der Waals surface area contributed by atoms with Gasteiger partial charge in [0.2, 0.25) is 5.91 Å². The highest BCUT2D eigenvalue weighted by molar-refractivity contribution is 7.80. The molecule has 0 aliphatic carbocycles. The number of likely N-dealkylation sites (tertiary alicyclic amines) is 1. The van der Waals surface area contributed by atoms with E-state index < -0.39 is 11.0 Å². The van der Waals surface area contributed by atoms with E-state index in [9.17, 15) is 14.9 Å². The number of nitrogens with zero attached hydrogens (tertiary/aromatic N) is 2. The molecule has 2 rings (SSSR count). The van der Waals surface area contributed by atoms with Crippen LogP contribution in [-0.4, -0.2) is 33.4 Å². The molecule has 0 radical (unpaired) electrons. The molecule has 1 atom stereocenters. The summed E-state index contributed by atoms with van der Waals surface area (Å²) in [6.45, 7) is 0.673. The molecule has 112 valence electrons. The zero-order valence-corrected chi connectivity index (χ0v) is 12.1. The molecule has 1 heterocycles. The number of hydrogen-bond donors (Lipinski definition) is 2. The maximum atomic E-state index is 11.5. The summed E-state index contributed by atoms with van der Waals surface area (Å²) in [4.78, 5) is 23.4. The summed E-state index contributed by atoms with van der Waals surface area (Å²) in [7, 11) is 0. The van der Waals surface area contributed by atoms with E-state index in [1.54, 1.807) is 17.0 Å². The molecule has 1 aliphatic rings. The second kappa shape index (κ2) is 6.49. The van der Waals surface area contributed by atoms with Crippen LogP contribution in [0, 0.1) is 10.1 Å². The van der Waals surface area contributed by atoms with Crippen molar-refractivity contribution in [3.8, 4) is 0 Å². The summed E-state index contributed by atoms with van der Waals surface area (Å²) < 4.78 is 0. The van der Waals surface area contributed by atoms with Crippen molar-refractivity contribution >= 4 is 34.6 Å². The number of nitro benzene ring substituents is 1. The second-order valence-electron chi connectivity index (χ2n) is 4.84. The van der Waals surface area contributed by atoms with Crippen LogP contribution in [0.25, 0.3) is 0 Å². The van der Waals surface area contributed by atoms with Crippen molar-refractivity contribution in [3.63, 3.8) is 0 Å². The fourth-order valence-electron chi connectivity index (χ4n) is 2.33. The lowest BCUT2D eigenvalue weighted by Crippen LogP contribution is -2.51. The Labute approximate surface area is 127 Å². The number of carbonyl (C=O) groups excluding carboxylic acids is 1. The van der Waals surface area contributed by atoms with Crippen molar-refractivity contribution < 1.29 is 9.72 Å². The maximum Gasteiger partial charge on any atom is 0.269 e. The van der Waals surface area contributed by atoms with Crippen molar-refractivity contribution in [2.24, 2.45) is 5.73 Å². The number of rotatable bonds is 3. The van der Waals surface area contributed by atoms with Crippen molar-refractivity contribution in [2.45, 2.75) is 25.3 Å². The van der Waals surface area contributed by atoms with E-state index in [0.717, 1.165) is 12.8 Å². The highest BCUT2D eigenvalue weighted by atomic mass is 32.1. The van der Waals surface area contributed by atoms with E-state index in [1.807, 2.05) is 0 Å². The van der Waals surface area contributed by atoms with Crippen molar-refractivity contribution in [2.75, 3.05) is 11.9 Å². The Morgan fingerprint density at radius 3 is 2.62 bits per heavy atom. The average molecular weight is 308 g/mol. The van der Waals surface area contributed by atoms with E-state index >= 15 is 0 Å². The summed E-state index contributed by atoms with van der Waals surface area (Å²) in [5, 5.41) is 14.0. The minimum atomic E-state index is -0.462. The van der Waals surface area contributed by atoms with E-state index in [1.165, 1.54) is 12.1 Å². The lowest BCUT2D eigenvalue weighted by Gasteiger charge is -2.35. The smallest absolute Gasteiger partial charge is 0.269 e. The van der Waals surface area contributed by atoms with Crippen LogP contribution in [0.4, 0.5) is 11.4 Å². The van der Waals surface area contributed by atoms with Crippen LogP contribution in [-0.2, 0) is 4.79 Å². The zero-order chi connectivity index (χ0) is 15.4. The predicted octanol–water partition coefficient (Wildman–Crippen LogP) is 1.63. The Morgan fingerprint density at radius 1 is 1.38 bits per heavy atom. The van der Waals surface area contributed by atoms with Crippen molar-refractivity contribution in [1.82, 2.24) is 4.90 Å². The van der Waals surface area contributed by atoms with Gasteiger partial charge >= 0.3 is 0 Å². The number of nitrogens with one attached hydrogen (secondary N) is 1. The minimum Gasteiger partial charge on any atom is -0.368 e. The largest absolute Gasteiger partial charge is 0.368 e. The van der Waals surface area contributed by atoms with Crippen LogP contribution in [0.1, 0.15) is 19.3 Å². The average Bonchev–Trinajstić information content (AvgIpc) is 2.47. The molecule has 0 bridgehead atoms. The Kier molecular flexibility index (Phi) is 4.69. The highest BCUT2D eigenvalue weighted by Gasteiger charge is 2.28. The van der Waals surface area contributed by atoms with Crippen LogP contribution in [0.3, 0.4) is 0 Å². The number of primary amides is 1. The fraction of sp³-hybridized carbons (Fsp3) is 0.385. The Morgan fingerprint density at radius 2 is 2.05 bits per heavy atom. The third kappa shape index (κ3) is 3.66. The zero-order valence-electron chi connectivity index (χ0n) is 11.3. The first kappa shape index (κ1) is 15.2. The van der Waals surface area contributed by atoms with E-state index in [4.69, 9.17) is 18.0 Å². The molecule has 0 saturated carbocycles. The number of amides is 1. The van der Waals surface area contributed by atoms with E-state index in [-0.39, 0.29) is 11.6 Å². The SMILES string of the molecule is NC(=O)[C@@H]1CCCCN1C(=S)Nc1ccc([N+](=O)[O-])cc1. The summed E-state index contributed by atoms with van der Waals surface area (Å²) in [5.74, 6) is -0.387. The summed E-state index contributed by atoms with van der Waals surface area (Å²) in [5.41, 5.74) is 6.05. The number of anilines is 1. The Bertz CT molecular complexity index is 561. The summed E-state index contributed by atoms with van der Waals surface area (Å²) in [6.07, 6.45) is 2.59. The van der Waals surface area contributed by atoms with Gasteiger partial charge in [-0.2, -0.15) is 0 Å². The molecule has 0 unspecified atom stereocenters. The Hall–Kier alpha value is -2.22. The second-order valence-corrected chi connectivity index (χ2v) is 5.23.